The molecule has 66 valence electrons. The molecule has 0 unspecified atom stereocenters. The molecule has 0 saturated carbocycles. The maximum absolute atomic E-state index is 3.11. The van der Waals surface area contributed by atoms with E-state index in [9.17, 15) is 0 Å². The summed E-state index contributed by atoms with van der Waals surface area (Å²) in [5.41, 5.74) is 0. The topological polar surface area (TPSA) is 3.24 Å². The fourth-order valence-electron chi connectivity index (χ4n) is 1.69. The molecule has 3 heteroatoms. The van der Waals surface area contributed by atoms with Gasteiger partial charge in [0.05, 0.1) is 0 Å². The van der Waals surface area contributed by atoms with Gasteiger partial charge in [-0.05, 0) is 32.5 Å². The average molecular weight is 219 g/mol. The van der Waals surface area contributed by atoms with Crippen molar-refractivity contribution in [2.24, 2.45) is 0 Å². The smallest absolute Gasteiger partial charge is 0.315 e. The van der Waals surface area contributed by atoms with Gasteiger partial charge in [-0.15, -0.1) is 10.3 Å². The van der Waals surface area contributed by atoms with Crippen molar-refractivity contribution in [1.29, 1.82) is 0 Å². The van der Waals surface area contributed by atoms with Crippen molar-refractivity contribution < 1.29 is 51.4 Å². The molecule has 1 fully saturated rings. The van der Waals surface area contributed by atoms with Crippen molar-refractivity contribution >= 4 is 11.3 Å². The first-order valence-electron chi connectivity index (χ1n) is 4.61. The summed E-state index contributed by atoms with van der Waals surface area (Å²) in [6.45, 7) is 3.73. The van der Waals surface area contributed by atoms with Crippen LogP contribution in [-0.2, 0) is 6.54 Å². The van der Waals surface area contributed by atoms with Crippen LogP contribution in [0.4, 0.5) is 0 Å². The van der Waals surface area contributed by atoms with E-state index >= 15 is 0 Å². The molecule has 0 amide bonds. The van der Waals surface area contributed by atoms with Crippen LogP contribution in [0.5, 0.6) is 0 Å². The summed E-state index contributed by atoms with van der Waals surface area (Å²) >= 11 is 1.82. The van der Waals surface area contributed by atoms with Gasteiger partial charge in [-0.2, -0.15) is 0 Å². The van der Waals surface area contributed by atoms with Gasteiger partial charge < -0.3 is 4.90 Å². The Morgan fingerprint density at radius 1 is 1.31 bits per heavy atom. The molecule has 0 spiro atoms. The number of nitrogens with zero attached hydrogens (tertiary/aromatic N) is 1. The van der Waals surface area contributed by atoms with Gasteiger partial charge in [0.15, 0.2) is 0 Å². The summed E-state index contributed by atoms with van der Waals surface area (Å²) in [6, 6.07) is 5.22. The summed E-state index contributed by atoms with van der Waals surface area (Å²) in [7, 11) is 0. The Morgan fingerprint density at radius 3 is 2.69 bits per heavy atom. The van der Waals surface area contributed by atoms with Gasteiger partial charge in [-0.1, -0.05) is 6.42 Å². The van der Waals surface area contributed by atoms with Crippen LogP contribution in [0.3, 0.4) is 0 Å². The van der Waals surface area contributed by atoms with Crippen LogP contribution in [0.15, 0.2) is 11.4 Å². The number of piperidine rings is 1. The molecule has 0 atom stereocenters. The van der Waals surface area contributed by atoms with Crippen LogP contribution in [0.2, 0.25) is 0 Å². The molecule has 1 saturated heterocycles. The molecule has 1 aliphatic rings. The fourth-order valence-corrected chi connectivity index (χ4v) is 2.37. The van der Waals surface area contributed by atoms with Gasteiger partial charge in [0.2, 0.25) is 0 Å². The van der Waals surface area contributed by atoms with E-state index in [2.05, 4.69) is 17.0 Å². The molecule has 1 aromatic rings. The molecule has 0 bridgehead atoms. The molecule has 0 aromatic carbocycles. The van der Waals surface area contributed by atoms with Crippen LogP contribution in [0.1, 0.15) is 24.1 Å². The second-order valence-corrected chi connectivity index (χ2v) is 4.35. The Bertz CT molecular complexity index is 217. The fraction of sp³-hybridized carbons (Fsp3) is 0.600. The number of hydrogen-bond donors (Lipinski definition) is 0. The minimum atomic E-state index is 0. The molecule has 0 N–H and O–H groups in total. The van der Waals surface area contributed by atoms with Crippen LogP contribution >= 0.6 is 11.3 Å². The molecule has 0 radical (unpaired) electrons. The second-order valence-electron chi connectivity index (χ2n) is 3.35. The zero-order chi connectivity index (χ0) is 8.23. The largest absolute Gasteiger partial charge is 1.00 e. The van der Waals surface area contributed by atoms with E-state index in [1.165, 1.54) is 37.2 Å². The normalized spacial score (nSPS) is 18.2. The van der Waals surface area contributed by atoms with E-state index in [-0.39, 0.29) is 51.4 Å². The first kappa shape index (κ1) is 12.4. The number of rotatable bonds is 2. The van der Waals surface area contributed by atoms with Gasteiger partial charge in [0, 0.05) is 0 Å². The Hall–Kier alpha value is 1.30. The Labute approximate surface area is 127 Å². The molecule has 1 aromatic heterocycles. The quantitative estimate of drug-likeness (QED) is 0.481. The van der Waals surface area contributed by atoms with Crippen LogP contribution < -0.4 is 51.4 Å². The molecule has 1 nitrogen and oxygen atoms in total. The third-order valence-electron chi connectivity index (χ3n) is 2.35. The Morgan fingerprint density at radius 2 is 2.08 bits per heavy atom. The van der Waals surface area contributed by atoms with Crippen molar-refractivity contribution in [1.82, 2.24) is 4.90 Å². The zero-order valence-corrected chi connectivity index (χ0v) is 12.2. The van der Waals surface area contributed by atoms with Gasteiger partial charge in [0.25, 0.3) is 0 Å². The Balaban J connectivity index is 0.000000845. The van der Waals surface area contributed by atoms with Crippen molar-refractivity contribution in [3.05, 3.63) is 22.4 Å². The van der Waals surface area contributed by atoms with Crippen molar-refractivity contribution in [2.45, 2.75) is 25.8 Å². The van der Waals surface area contributed by atoms with E-state index in [4.69, 9.17) is 0 Å². The average Bonchev–Trinajstić information content (AvgIpc) is 2.59. The Kier molecular flexibility index (Phi) is 6.39. The van der Waals surface area contributed by atoms with Gasteiger partial charge >= 0.3 is 51.4 Å². The SMILES string of the molecule is [K+].[c-]1csc(CN2CCCCC2)c1. The summed E-state index contributed by atoms with van der Waals surface area (Å²) < 4.78 is 0. The van der Waals surface area contributed by atoms with E-state index in [1.54, 1.807) is 0 Å². The van der Waals surface area contributed by atoms with E-state index in [1.807, 2.05) is 16.7 Å². The first-order chi connectivity index (χ1) is 5.95. The monoisotopic (exact) mass is 219 g/mol. The van der Waals surface area contributed by atoms with Gasteiger partial charge in [-0.3, -0.25) is 11.3 Å². The minimum absolute atomic E-state index is 0. The standard InChI is InChI=1S/C10H14NS.K/c1-2-6-11(7-3-1)9-10-5-4-8-12-10;/h5,8H,1-3,6-7,9H2;/q-1;+1. The minimum Gasteiger partial charge on any atom is -0.315 e. The van der Waals surface area contributed by atoms with E-state index in [0.29, 0.717) is 0 Å². The molecule has 13 heavy (non-hydrogen) atoms. The number of hydrogen-bond acceptors (Lipinski definition) is 2. The molecular formula is C10H14KNS. The second kappa shape index (κ2) is 6.72. The molecular weight excluding hydrogens is 205 g/mol. The van der Waals surface area contributed by atoms with Gasteiger partial charge in [-0.25, -0.2) is 12.1 Å². The van der Waals surface area contributed by atoms with Crippen molar-refractivity contribution in [3.8, 4) is 0 Å². The number of thiophene rings is 1. The first-order valence-corrected chi connectivity index (χ1v) is 5.49. The van der Waals surface area contributed by atoms with E-state index in [0.717, 1.165) is 6.54 Å². The zero-order valence-electron chi connectivity index (χ0n) is 8.25. The summed E-state index contributed by atoms with van der Waals surface area (Å²) in [5, 5.41) is 2.04. The van der Waals surface area contributed by atoms with Crippen molar-refractivity contribution in [3.63, 3.8) is 0 Å². The third-order valence-corrected chi connectivity index (χ3v) is 3.15. The van der Waals surface area contributed by atoms with Crippen LogP contribution in [0.25, 0.3) is 0 Å². The van der Waals surface area contributed by atoms with Gasteiger partial charge in [0.1, 0.15) is 0 Å². The third kappa shape index (κ3) is 4.12. The summed E-state index contributed by atoms with van der Waals surface area (Å²) in [5.74, 6) is 0. The predicted octanol–water partition coefficient (Wildman–Crippen LogP) is -0.462. The maximum atomic E-state index is 3.11. The van der Waals surface area contributed by atoms with E-state index < -0.39 is 0 Å². The molecule has 2 heterocycles. The molecule has 1 aliphatic heterocycles. The van der Waals surface area contributed by atoms with Crippen LogP contribution in [-0.4, -0.2) is 18.0 Å². The van der Waals surface area contributed by atoms with Crippen molar-refractivity contribution in [2.75, 3.05) is 13.1 Å². The molecule has 0 aliphatic carbocycles. The summed E-state index contributed by atoms with van der Waals surface area (Å²) in [4.78, 5) is 4.00. The molecule has 2 rings (SSSR count). The maximum Gasteiger partial charge on any atom is 1.00 e. The predicted molar refractivity (Wildman–Crippen MR) is 52.3 cm³/mol. The van der Waals surface area contributed by atoms with Crippen LogP contribution in [0, 0.1) is 6.07 Å². The number of likely N-dealkylation sites (tertiary alicyclic amines) is 1. The summed E-state index contributed by atoms with van der Waals surface area (Å²) in [6.07, 6.45) is 4.19.